The van der Waals surface area contributed by atoms with Crippen molar-refractivity contribution in [3.05, 3.63) is 76.7 Å². The number of nitrogens with zero attached hydrogens (tertiary/aromatic N) is 2. The van der Waals surface area contributed by atoms with Gasteiger partial charge in [-0.05, 0) is 36.1 Å². The first-order valence-corrected chi connectivity index (χ1v) is 11.1. The Hall–Kier alpha value is -3.74. The van der Waals surface area contributed by atoms with Crippen LogP contribution < -0.4 is 4.74 Å². The number of aromatic nitrogens is 2. The van der Waals surface area contributed by atoms with E-state index >= 15 is 0 Å². The van der Waals surface area contributed by atoms with Crippen molar-refractivity contribution in [2.24, 2.45) is 0 Å². The topological polar surface area (TPSA) is 110 Å². The van der Waals surface area contributed by atoms with Gasteiger partial charge < -0.3 is 14.9 Å². The van der Waals surface area contributed by atoms with E-state index < -0.39 is 11.9 Å². The lowest BCUT2D eigenvalue weighted by Gasteiger charge is -2.15. The molecule has 0 aliphatic carbocycles. The minimum Gasteiger partial charge on any atom is -0.481 e. The van der Waals surface area contributed by atoms with Crippen LogP contribution in [0.3, 0.4) is 0 Å². The van der Waals surface area contributed by atoms with E-state index in [1.54, 1.807) is 18.2 Å². The lowest BCUT2D eigenvalue weighted by molar-refractivity contribution is -0.136. The molecule has 0 fully saturated rings. The molecule has 0 saturated heterocycles. The molecule has 1 heterocycles. The number of ether oxygens (including phenoxy) is 1. The number of hydrogen-bond acceptors (Lipinski definition) is 5. The molecule has 0 bridgehead atoms. The molecular weight excluding hydrogens is 420 g/mol. The molecule has 1 aromatic heterocycles. The lowest BCUT2D eigenvalue weighted by Crippen LogP contribution is -2.13. The summed E-state index contributed by atoms with van der Waals surface area (Å²) in [7, 11) is 0. The quantitative estimate of drug-likeness (QED) is 0.433. The first-order chi connectivity index (χ1) is 15.9. The van der Waals surface area contributed by atoms with Gasteiger partial charge in [-0.25, -0.2) is 9.78 Å². The summed E-state index contributed by atoms with van der Waals surface area (Å²) in [4.78, 5) is 32.2. The number of hydrogen-bond donors (Lipinski definition) is 2. The molecule has 3 rings (SSSR count). The summed E-state index contributed by atoms with van der Waals surface area (Å²) >= 11 is 0. The minimum absolute atomic E-state index is 0.219. The molecule has 2 N–H and O–H groups in total. The van der Waals surface area contributed by atoms with E-state index in [1.807, 2.05) is 37.3 Å². The van der Waals surface area contributed by atoms with Crippen molar-refractivity contribution in [2.45, 2.75) is 46.0 Å². The van der Waals surface area contributed by atoms with Crippen molar-refractivity contribution < 1.29 is 24.5 Å². The Morgan fingerprint density at radius 2 is 1.70 bits per heavy atom. The maximum absolute atomic E-state index is 11.5. The third-order valence-electron chi connectivity index (χ3n) is 5.26. The molecule has 3 aromatic rings. The number of carboxylic acid groups (broad SMARTS) is 2. The van der Waals surface area contributed by atoms with E-state index in [4.69, 9.17) is 4.74 Å². The molecule has 7 heteroatoms. The van der Waals surface area contributed by atoms with Crippen LogP contribution >= 0.6 is 0 Å². The molecule has 0 radical (unpaired) electrons. The highest BCUT2D eigenvalue weighted by atomic mass is 16.5. The lowest BCUT2D eigenvalue weighted by atomic mass is 9.97. The second-order valence-corrected chi connectivity index (χ2v) is 7.70. The molecule has 0 atom stereocenters. The third kappa shape index (κ3) is 6.16. The summed E-state index contributed by atoms with van der Waals surface area (Å²) in [5.74, 6) is -0.959. The molecule has 0 unspecified atom stereocenters. The molecular formula is C26H28N2O5. The molecule has 33 heavy (non-hydrogen) atoms. The zero-order valence-electron chi connectivity index (χ0n) is 18.9. The number of rotatable bonds is 11. The minimum atomic E-state index is -0.975. The Morgan fingerprint density at radius 1 is 0.970 bits per heavy atom. The maximum atomic E-state index is 11.5. The highest BCUT2D eigenvalue weighted by Gasteiger charge is 2.19. The molecule has 0 amide bonds. The average Bonchev–Trinajstić information content (AvgIpc) is 2.80. The van der Waals surface area contributed by atoms with Crippen LogP contribution in [0.15, 0.2) is 48.5 Å². The van der Waals surface area contributed by atoms with Crippen LogP contribution in [-0.2, 0) is 24.1 Å². The predicted octanol–water partition coefficient (Wildman–Crippen LogP) is 4.80. The second kappa shape index (κ2) is 11.2. The van der Waals surface area contributed by atoms with Crippen LogP contribution in [0.1, 0.15) is 59.7 Å². The first kappa shape index (κ1) is 23.9. The zero-order valence-corrected chi connectivity index (χ0v) is 18.9. The Balaban J connectivity index is 1.96. The largest absolute Gasteiger partial charge is 0.481 e. The van der Waals surface area contributed by atoms with Crippen LogP contribution in [0.4, 0.5) is 0 Å². The zero-order chi connectivity index (χ0) is 23.8. The number of aliphatic carboxylic acids is 1. The van der Waals surface area contributed by atoms with Crippen molar-refractivity contribution in [3.8, 4) is 17.0 Å². The third-order valence-corrected chi connectivity index (χ3v) is 5.26. The fourth-order valence-corrected chi connectivity index (χ4v) is 3.65. The number of aryl methyl sites for hydroxylation is 1. The Bertz CT molecular complexity index is 1130. The van der Waals surface area contributed by atoms with Crippen LogP contribution in [0, 0.1) is 0 Å². The molecule has 0 saturated carbocycles. The monoisotopic (exact) mass is 448 g/mol. The van der Waals surface area contributed by atoms with E-state index in [-0.39, 0.29) is 12.0 Å². The average molecular weight is 449 g/mol. The fraction of sp³-hybridized carbons (Fsp3) is 0.308. The molecule has 0 aliphatic heterocycles. The Morgan fingerprint density at radius 3 is 2.33 bits per heavy atom. The molecule has 0 aliphatic rings. The Labute approximate surface area is 193 Å². The van der Waals surface area contributed by atoms with Gasteiger partial charge in [-0.2, -0.15) is 4.98 Å². The number of carboxylic acids is 2. The van der Waals surface area contributed by atoms with E-state index in [1.165, 1.54) is 0 Å². The van der Waals surface area contributed by atoms with E-state index in [0.717, 1.165) is 24.0 Å². The van der Waals surface area contributed by atoms with Crippen molar-refractivity contribution in [1.82, 2.24) is 9.97 Å². The van der Waals surface area contributed by atoms with E-state index in [9.17, 15) is 19.8 Å². The van der Waals surface area contributed by atoms with Crippen molar-refractivity contribution in [2.75, 3.05) is 6.61 Å². The Kier molecular flexibility index (Phi) is 8.13. The first-order valence-electron chi connectivity index (χ1n) is 11.1. The van der Waals surface area contributed by atoms with Gasteiger partial charge in [-0.15, -0.1) is 0 Å². The SMILES string of the molecule is CCCCc1nc(Cc2ccc(-c3ccccc3C(=O)O)cc2)c(CC(=O)O)c(OCC)n1. The second-order valence-electron chi connectivity index (χ2n) is 7.70. The molecule has 7 nitrogen and oxygen atoms in total. The van der Waals surface area contributed by atoms with Gasteiger partial charge in [0.05, 0.1) is 24.3 Å². The highest BCUT2D eigenvalue weighted by molar-refractivity contribution is 5.96. The van der Waals surface area contributed by atoms with Gasteiger partial charge in [0.25, 0.3) is 0 Å². The number of unbranched alkanes of at least 4 members (excludes halogenated alkanes) is 1. The van der Waals surface area contributed by atoms with Crippen LogP contribution in [-0.4, -0.2) is 38.7 Å². The van der Waals surface area contributed by atoms with E-state index in [0.29, 0.717) is 48.0 Å². The van der Waals surface area contributed by atoms with Gasteiger partial charge in [0, 0.05) is 18.4 Å². The van der Waals surface area contributed by atoms with Gasteiger partial charge in [0.15, 0.2) is 0 Å². The van der Waals surface area contributed by atoms with Crippen LogP contribution in [0.5, 0.6) is 5.88 Å². The summed E-state index contributed by atoms with van der Waals surface area (Å²) in [6.07, 6.45) is 2.83. The van der Waals surface area contributed by atoms with Crippen molar-refractivity contribution >= 4 is 11.9 Å². The summed E-state index contributed by atoms with van der Waals surface area (Å²) in [5, 5.41) is 18.9. The summed E-state index contributed by atoms with van der Waals surface area (Å²) < 4.78 is 5.68. The summed E-state index contributed by atoms with van der Waals surface area (Å²) in [5.41, 5.74) is 3.74. The maximum Gasteiger partial charge on any atom is 0.336 e. The van der Waals surface area contributed by atoms with Crippen LogP contribution in [0.25, 0.3) is 11.1 Å². The summed E-state index contributed by atoms with van der Waals surface area (Å²) in [6, 6.07) is 14.4. The number of aromatic carboxylic acids is 1. The molecule has 2 aromatic carbocycles. The number of benzene rings is 2. The fourth-order valence-electron chi connectivity index (χ4n) is 3.65. The smallest absolute Gasteiger partial charge is 0.336 e. The molecule has 172 valence electrons. The number of carbonyl (C=O) groups is 2. The van der Waals surface area contributed by atoms with Gasteiger partial charge >= 0.3 is 11.9 Å². The van der Waals surface area contributed by atoms with E-state index in [2.05, 4.69) is 16.9 Å². The van der Waals surface area contributed by atoms with Gasteiger partial charge in [-0.3, -0.25) is 4.79 Å². The molecule has 0 spiro atoms. The normalized spacial score (nSPS) is 10.7. The summed E-state index contributed by atoms with van der Waals surface area (Å²) in [6.45, 7) is 4.31. The highest BCUT2D eigenvalue weighted by Crippen LogP contribution is 2.27. The van der Waals surface area contributed by atoms with Crippen molar-refractivity contribution in [1.29, 1.82) is 0 Å². The predicted molar refractivity (Wildman–Crippen MR) is 125 cm³/mol. The standard InChI is InChI=1S/C26H28N2O5/c1-3-5-10-23-27-22(21(16-24(29)30)25(28-23)33-4-2)15-17-11-13-18(14-12-17)19-8-6-7-9-20(19)26(31)32/h6-9,11-14H,3-5,10,15-16H2,1-2H3,(H,29,30)(H,31,32). The van der Waals surface area contributed by atoms with Gasteiger partial charge in [0.2, 0.25) is 5.88 Å². The van der Waals surface area contributed by atoms with Gasteiger partial charge in [0.1, 0.15) is 5.82 Å². The van der Waals surface area contributed by atoms with Crippen molar-refractivity contribution in [3.63, 3.8) is 0 Å². The van der Waals surface area contributed by atoms with Gasteiger partial charge in [-0.1, -0.05) is 55.8 Å². The van der Waals surface area contributed by atoms with Crippen LogP contribution in [0.2, 0.25) is 0 Å².